The predicted octanol–water partition coefficient (Wildman–Crippen LogP) is 3.44. The molecule has 19 heteroatoms. The standard InChI is InChI=1S/C37H34N8O8S3/c1-37(2,3)53-28(46)16-51-43-29(25-18-54-21-38-25)33(47)40-30-34(48)45-31(36(49)52-32(22-10-6-4-7-11-22)23-12-8-5-9-13-23)24(19-56(50)35(30)45)17-55-27-15-14-26-41-39-20-44(26)42-27/h4-15,18,20-21,30,32,35H,16-17,19H2,1-3H3,(H,40,47)/t30?,35-,56?/m0/s1. The first-order chi connectivity index (χ1) is 27.0. The number of esters is 2. The molecule has 288 valence electrons. The molecule has 2 aromatic carbocycles. The van der Waals surface area contributed by atoms with E-state index < -0.39 is 64.7 Å². The van der Waals surface area contributed by atoms with Crippen molar-refractivity contribution in [3.63, 3.8) is 0 Å². The third kappa shape index (κ3) is 8.60. The van der Waals surface area contributed by atoms with Gasteiger partial charge in [0, 0.05) is 16.7 Å². The Labute approximate surface area is 331 Å². The van der Waals surface area contributed by atoms with Crippen molar-refractivity contribution in [3.8, 4) is 0 Å². The lowest BCUT2D eigenvalue weighted by Gasteiger charge is -2.49. The topological polar surface area (TPSA) is 203 Å². The number of rotatable bonds is 13. The molecule has 0 saturated carbocycles. The summed E-state index contributed by atoms with van der Waals surface area (Å²) in [6, 6.07) is 20.5. The average Bonchev–Trinajstić information content (AvgIpc) is 3.89. The highest BCUT2D eigenvalue weighted by atomic mass is 32.2. The number of hydrogen-bond acceptors (Lipinski definition) is 15. The number of amides is 2. The molecule has 7 rings (SSSR count). The minimum absolute atomic E-state index is 0.0612. The smallest absolute Gasteiger partial charge is 0.356 e. The maximum Gasteiger partial charge on any atom is 0.356 e. The van der Waals surface area contributed by atoms with E-state index in [0.29, 0.717) is 27.4 Å². The molecule has 3 aromatic heterocycles. The first-order valence-corrected chi connectivity index (χ1v) is 20.4. The highest BCUT2D eigenvalue weighted by Gasteiger charge is 2.61. The summed E-state index contributed by atoms with van der Waals surface area (Å²) in [5, 5.41) is 19.8. The number of oxime groups is 1. The molecule has 16 nitrogen and oxygen atoms in total. The summed E-state index contributed by atoms with van der Waals surface area (Å²) in [5.41, 5.74) is 2.80. The van der Waals surface area contributed by atoms with Gasteiger partial charge in [0.15, 0.2) is 23.5 Å². The summed E-state index contributed by atoms with van der Waals surface area (Å²) >= 11 is 0.684. The van der Waals surface area contributed by atoms with Gasteiger partial charge in [-0.1, -0.05) is 77.6 Å². The highest BCUT2D eigenvalue weighted by molar-refractivity contribution is 7.99. The molecular formula is C37H34N8O8S3. The third-order valence-corrected chi connectivity index (χ3v) is 11.5. The molecule has 1 N–H and O–H groups in total. The number of thioether (sulfide) groups is 1. The third-order valence-electron chi connectivity index (χ3n) is 8.29. The van der Waals surface area contributed by atoms with Gasteiger partial charge in [-0.3, -0.25) is 14.5 Å². The quantitative estimate of drug-likeness (QED) is 0.0453. The van der Waals surface area contributed by atoms with E-state index in [-0.39, 0.29) is 28.6 Å². The molecule has 1 fully saturated rings. The SMILES string of the molecule is CC(C)(C)OC(=O)CON=C(C(=O)NC1C(=O)N2C(C(=O)OC(c3ccccc3)c3ccccc3)=C(CSc3ccc4nncn4n3)C[S+]([O-])[C@@H]12)c1cscn1. The van der Waals surface area contributed by atoms with Gasteiger partial charge in [0.25, 0.3) is 11.8 Å². The second-order valence-corrected chi connectivity index (χ2v) is 16.6. The van der Waals surface area contributed by atoms with E-state index >= 15 is 0 Å². The Balaban J connectivity index is 1.16. The summed E-state index contributed by atoms with van der Waals surface area (Å²) in [4.78, 5) is 64.8. The van der Waals surface area contributed by atoms with Crippen molar-refractivity contribution in [1.82, 2.24) is 35.0 Å². The number of thiazole rings is 1. The van der Waals surface area contributed by atoms with Crippen LogP contribution in [0.1, 0.15) is 43.7 Å². The van der Waals surface area contributed by atoms with Crippen LogP contribution in [-0.4, -0.2) is 98.8 Å². The Morgan fingerprint density at radius 1 is 1.07 bits per heavy atom. The second kappa shape index (κ2) is 16.6. The molecule has 56 heavy (non-hydrogen) atoms. The molecule has 2 aliphatic rings. The van der Waals surface area contributed by atoms with Gasteiger partial charge in [0.2, 0.25) is 12.0 Å². The monoisotopic (exact) mass is 814 g/mol. The van der Waals surface area contributed by atoms with Crippen LogP contribution in [0.15, 0.2) is 111 Å². The molecule has 2 aliphatic heterocycles. The van der Waals surface area contributed by atoms with E-state index in [1.165, 1.54) is 44.8 Å². The number of benzene rings is 2. The molecule has 0 spiro atoms. The fraction of sp³-hybridized carbons (Fsp3) is 0.270. The van der Waals surface area contributed by atoms with Crippen molar-refractivity contribution in [3.05, 3.63) is 118 Å². The van der Waals surface area contributed by atoms with E-state index in [9.17, 15) is 23.7 Å². The number of fused-ring (bicyclic) bond motifs is 2. The number of aromatic nitrogens is 5. The molecule has 3 atom stereocenters. The van der Waals surface area contributed by atoms with Gasteiger partial charge >= 0.3 is 11.9 Å². The molecule has 5 aromatic rings. The first-order valence-electron chi connectivity index (χ1n) is 17.1. The van der Waals surface area contributed by atoms with Gasteiger partial charge in [-0.05, 0) is 55.2 Å². The number of carbonyl (C=O) groups is 4. The van der Waals surface area contributed by atoms with Gasteiger partial charge in [0.1, 0.15) is 34.1 Å². The lowest BCUT2D eigenvalue weighted by molar-refractivity contribution is -0.160. The minimum Gasteiger partial charge on any atom is -0.614 e. The summed E-state index contributed by atoms with van der Waals surface area (Å²) in [6.45, 7) is 4.50. The van der Waals surface area contributed by atoms with Gasteiger partial charge in [-0.2, -0.15) is 9.61 Å². The van der Waals surface area contributed by atoms with Crippen LogP contribution in [0.25, 0.3) is 5.65 Å². The van der Waals surface area contributed by atoms with Crippen LogP contribution in [-0.2, 0) is 44.7 Å². The van der Waals surface area contributed by atoms with Crippen LogP contribution < -0.4 is 5.32 Å². The molecule has 5 heterocycles. The Morgan fingerprint density at radius 3 is 2.45 bits per heavy atom. The summed E-state index contributed by atoms with van der Waals surface area (Å²) in [5.74, 6) is -3.02. The largest absolute Gasteiger partial charge is 0.614 e. The lowest BCUT2D eigenvalue weighted by atomic mass is 10.0. The number of β-lactam (4-membered cyclic amide) rings is 1. The maximum absolute atomic E-state index is 14.4. The van der Waals surface area contributed by atoms with Crippen LogP contribution in [0.2, 0.25) is 0 Å². The average molecular weight is 815 g/mol. The second-order valence-electron chi connectivity index (χ2n) is 13.4. The van der Waals surface area contributed by atoms with Crippen molar-refractivity contribution >= 4 is 69.4 Å². The van der Waals surface area contributed by atoms with E-state index in [4.69, 9.17) is 14.3 Å². The van der Waals surface area contributed by atoms with E-state index in [1.807, 2.05) is 60.7 Å². The Bertz CT molecular complexity index is 2260. The zero-order valence-electron chi connectivity index (χ0n) is 30.1. The maximum atomic E-state index is 14.4. The van der Waals surface area contributed by atoms with Crippen LogP contribution in [0.3, 0.4) is 0 Å². The summed E-state index contributed by atoms with van der Waals surface area (Å²) < 4.78 is 26.9. The zero-order valence-corrected chi connectivity index (χ0v) is 32.6. The number of carbonyl (C=O) groups excluding carboxylic acids is 4. The van der Waals surface area contributed by atoms with Gasteiger partial charge in [-0.25, -0.2) is 14.6 Å². The Morgan fingerprint density at radius 2 is 1.79 bits per heavy atom. The molecular weight excluding hydrogens is 781 g/mol. The van der Waals surface area contributed by atoms with Crippen molar-refractivity contribution in [2.45, 2.75) is 48.9 Å². The molecule has 0 aliphatic carbocycles. The molecule has 1 saturated heterocycles. The lowest BCUT2D eigenvalue weighted by Crippen LogP contribution is -2.75. The van der Waals surface area contributed by atoms with Gasteiger partial charge in [-0.15, -0.1) is 21.5 Å². The van der Waals surface area contributed by atoms with Crippen molar-refractivity contribution in [2.75, 3.05) is 18.1 Å². The van der Waals surface area contributed by atoms with E-state index in [2.05, 4.69) is 30.8 Å². The van der Waals surface area contributed by atoms with Crippen molar-refractivity contribution in [2.24, 2.45) is 5.16 Å². The fourth-order valence-corrected chi connectivity index (χ4v) is 9.13. The molecule has 0 radical (unpaired) electrons. The van der Waals surface area contributed by atoms with E-state index in [1.54, 1.807) is 32.9 Å². The number of nitrogens with zero attached hydrogens (tertiary/aromatic N) is 7. The van der Waals surface area contributed by atoms with Crippen LogP contribution in [0.4, 0.5) is 0 Å². The molecule has 2 unspecified atom stereocenters. The predicted molar refractivity (Wildman–Crippen MR) is 205 cm³/mol. The van der Waals surface area contributed by atoms with Crippen molar-refractivity contribution < 1.29 is 38.0 Å². The van der Waals surface area contributed by atoms with Gasteiger partial charge < -0.3 is 24.2 Å². The summed E-state index contributed by atoms with van der Waals surface area (Å²) in [6.07, 6.45) is 0.624. The Hall–Kier alpha value is -5.63. The van der Waals surface area contributed by atoms with Crippen LogP contribution in [0.5, 0.6) is 0 Å². The molecule has 0 bridgehead atoms. The number of ether oxygens (including phenoxy) is 2. The fourth-order valence-electron chi connectivity index (χ4n) is 5.91. The molecule has 2 amide bonds. The number of nitrogens with one attached hydrogen (secondary N) is 1. The van der Waals surface area contributed by atoms with Gasteiger partial charge in [0.05, 0.1) is 5.51 Å². The number of hydrogen-bond donors (Lipinski definition) is 1. The zero-order chi connectivity index (χ0) is 39.4. The Kier molecular flexibility index (Phi) is 11.5. The first kappa shape index (κ1) is 38.6. The highest BCUT2D eigenvalue weighted by Crippen LogP contribution is 2.40. The normalized spacial score (nSPS) is 18.4. The summed E-state index contributed by atoms with van der Waals surface area (Å²) in [7, 11) is 0. The minimum atomic E-state index is -1.77. The van der Waals surface area contributed by atoms with Crippen molar-refractivity contribution in [1.29, 1.82) is 0 Å². The van der Waals surface area contributed by atoms with Crippen LogP contribution >= 0.6 is 23.1 Å². The van der Waals surface area contributed by atoms with Crippen LogP contribution in [0, 0.1) is 0 Å². The van der Waals surface area contributed by atoms with E-state index in [0.717, 1.165) is 4.90 Å².